The molecule has 2 aliphatic rings. The quantitative estimate of drug-likeness (QED) is 0.358. The van der Waals surface area contributed by atoms with Gasteiger partial charge in [-0.1, -0.05) is 24.3 Å². The van der Waals surface area contributed by atoms with Gasteiger partial charge in [0.2, 0.25) is 0 Å². The molecule has 4 aromatic rings. The maximum absolute atomic E-state index is 13.3. The van der Waals surface area contributed by atoms with Crippen LogP contribution in [0.25, 0.3) is 11.4 Å². The Morgan fingerprint density at radius 1 is 1.05 bits per heavy atom. The normalized spacial score (nSPS) is 18.7. The number of benzene rings is 2. The highest BCUT2D eigenvalue weighted by Crippen LogP contribution is 2.36. The van der Waals surface area contributed by atoms with Gasteiger partial charge in [-0.15, -0.1) is 10.2 Å². The number of carbonyl (C=O) groups is 1. The van der Waals surface area contributed by atoms with E-state index in [0.29, 0.717) is 18.0 Å². The van der Waals surface area contributed by atoms with Crippen molar-refractivity contribution >= 4 is 11.6 Å². The third-order valence-corrected chi connectivity index (χ3v) is 7.51. The summed E-state index contributed by atoms with van der Waals surface area (Å²) in [5.41, 5.74) is 3.00. The summed E-state index contributed by atoms with van der Waals surface area (Å²) in [4.78, 5) is 23.2. The smallest absolute Gasteiger partial charge is 0.251 e. The molecule has 6 rings (SSSR count). The minimum Gasteiger partial charge on any atom is -0.493 e. The molecule has 0 saturated carbocycles. The molecule has 2 aromatic carbocycles. The number of para-hydroxylation sites is 1. The molecular formula is C29H31N7O2. The number of fused-ring (bicyclic) bond motifs is 1. The predicted molar refractivity (Wildman–Crippen MR) is 145 cm³/mol. The Kier molecular flexibility index (Phi) is 6.51. The molecule has 0 bridgehead atoms. The van der Waals surface area contributed by atoms with E-state index in [1.165, 1.54) is 0 Å². The number of nitrogens with zero attached hydrogens (tertiary/aromatic N) is 4. The number of hydrogen-bond donors (Lipinski definition) is 3. The Labute approximate surface area is 221 Å². The SMILES string of the molecule is CN1CCC(Nc2cccc(C(=O)N[C@H]3CCOc4ccccc43)c2)(c2nnc(-c3ccncc3)[nH]2)CC1. The third kappa shape index (κ3) is 4.84. The van der Waals surface area contributed by atoms with Crippen LogP contribution in [0.15, 0.2) is 73.1 Å². The van der Waals surface area contributed by atoms with Crippen LogP contribution in [0.2, 0.25) is 0 Å². The molecule has 2 aromatic heterocycles. The van der Waals surface area contributed by atoms with Gasteiger partial charge >= 0.3 is 0 Å². The van der Waals surface area contributed by atoms with E-state index in [1.54, 1.807) is 12.4 Å². The van der Waals surface area contributed by atoms with E-state index >= 15 is 0 Å². The van der Waals surface area contributed by atoms with Crippen LogP contribution in [0.1, 0.15) is 47.1 Å². The molecule has 0 unspecified atom stereocenters. The van der Waals surface area contributed by atoms with Crippen molar-refractivity contribution in [2.45, 2.75) is 30.8 Å². The largest absolute Gasteiger partial charge is 0.493 e. The van der Waals surface area contributed by atoms with Crippen molar-refractivity contribution in [2.75, 3.05) is 32.1 Å². The second kappa shape index (κ2) is 10.3. The lowest BCUT2D eigenvalue weighted by molar-refractivity contribution is 0.0925. The lowest BCUT2D eigenvalue weighted by atomic mass is 9.86. The average molecular weight is 510 g/mol. The Morgan fingerprint density at radius 3 is 2.71 bits per heavy atom. The van der Waals surface area contributed by atoms with E-state index in [1.807, 2.05) is 60.7 Å². The van der Waals surface area contributed by atoms with E-state index in [2.05, 4.69) is 42.7 Å². The lowest BCUT2D eigenvalue weighted by Gasteiger charge is -2.40. The Bertz CT molecular complexity index is 1410. The lowest BCUT2D eigenvalue weighted by Crippen LogP contribution is -2.46. The van der Waals surface area contributed by atoms with Crippen molar-refractivity contribution in [2.24, 2.45) is 0 Å². The van der Waals surface area contributed by atoms with Crippen molar-refractivity contribution in [3.8, 4) is 17.1 Å². The molecule has 0 spiro atoms. The topological polar surface area (TPSA) is 108 Å². The minimum absolute atomic E-state index is 0.0786. The van der Waals surface area contributed by atoms with Crippen LogP contribution >= 0.6 is 0 Å². The van der Waals surface area contributed by atoms with Crippen molar-refractivity contribution in [1.82, 2.24) is 30.4 Å². The number of pyridine rings is 1. The molecular weight excluding hydrogens is 478 g/mol. The maximum Gasteiger partial charge on any atom is 0.251 e. The summed E-state index contributed by atoms with van der Waals surface area (Å²) in [6.45, 7) is 2.42. The minimum atomic E-state index is -0.431. The fourth-order valence-electron chi connectivity index (χ4n) is 5.29. The first kappa shape index (κ1) is 24.1. The molecule has 194 valence electrons. The van der Waals surface area contributed by atoms with E-state index in [0.717, 1.165) is 60.7 Å². The Morgan fingerprint density at radius 2 is 1.87 bits per heavy atom. The highest BCUT2D eigenvalue weighted by atomic mass is 16.5. The van der Waals surface area contributed by atoms with Crippen molar-refractivity contribution in [1.29, 1.82) is 0 Å². The summed E-state index contributed by atoms with van der Waals surface area (Å²) in [6, 6.07) is 19.3. The zero-order valence-electron chi connectivity index (χ0n) is 21.4. The van der Waals surface area contributed by atoms with Gasteiger partial charge in [-0.3, -0.25) is 9.78 Å². The first-order valence-electron chi connectivity index (χ1n) is 13.0. The number of rotatable bonds is 6. The Balaban J connectivity index is 1.24. The van der Waals surface area contributed by atoms with Crippen LogP contribution in [0, 0.1) is 0 Å². The van der Waals surface area contributed by atoms with Gasteiger partial charge in [0.05, 0.1) is 18.2 Å². The van der Waals surface area contributed by atoms with Gasteiger partial charge < -0.3 is 25.3 Å². The number of amides is 1. The second-order valence-corrected chi connectivity index (χ2v) is 10.1. The van der Waals surface area contributed by atoms with Crippen LogP contribution in [0.3, 0.4) is 0 Å². The molecule has 2 aliphatic heterocycles. The molecule has 1 atom stereocenters. The van der Waals surface area contributed by atoms with Crippen LogP contribution < -0.4 is 15.4 Å². The molecule has 0 aliphatic carbocycles. The number of ether oxygens (including phenoxy) is 1. The number of piperidine rings is 1. The van der Waals surface area contributed by atoms with Gasteiger partial charge in [-0.05, 0) is 56.3 Å². The number of anilines is 1. The van der Waals surface area contributed by atoms with Gasteiger partial charge in [0, 0.05) is 54.3 Å². The molecule has 38 heavy (non-hydrogen) atoms. The highest BCUT2D eigenvalue weighted by Gasteiger charge is 2.39. The standard InChI is InChI=1S/C29H31N7O2/c1-36-16-12-29(13-17-36,28-32-26(34-35-28)20-9-14-30-15-10-20)33-22-6-4-5-21(19-22)27(37)31-24-11-18-38-25-8-3-2-7-23(24)25/h2-10,14-15,19,24,33H,11-13,16-18H2,1H3,(H,31,37)(H,32,34,35)/t24-/m0/s1. The van der Waals surface area contributed by atoms with Crippen LogP contribution in [0.5, 0.6) is 5.75 Å². The first-order chi connectivity index (χ1) is 18.6. The maximum atomic E-state index is 13.3. The van der Waals surface area contributed by atoms with Gasteiger partial charge in [0.1, 0.15) is 5.75 Å². The number of nitrogens with one attached hydrogen (secondary N) is 3. The number of H-pyrrole nitrogens is 1. The zero-order chi connectivity index (χ0) is 26.0. The van der Waals surface area contributed by atoms with Crippen molar-refractivity contribution in [3.05, 3.63) is 90.0 Å². The van der Waals surface area contributed by atoms with Crippen LogP contribution in [-0.4, -0.2) is 57.7 Å². The fraction of sp³-hybridized carbons (Fsp3) is 0.310. The van der Waals surface area contributed by atoms with E-state index in [-0.39, 0.29) is 11.9 Å². The molecule has 1 fully saturated rings. The summed E-state index contributed by atoms with van der Waals surface area (Å²) >= 11 is 0. The fourth-order valence-corrected chi connectivity index (χ4v) is 5.29. The Hall–Kier alpha value is -4.24. The summed E-state index contributed by atoms with van der Waals surface area (Å²) < 4.78 is 5.75. The van der Waals surface area contributed by atoms with Gasteiger partial charge in [0.15, 0.2) is 11.6 Å². The van der Waals surface area contributed by atoms with E-state index < -0.39 is 5.54 Å². The molecule has 9 nitrogen and oxygen atoms in total. The molecule has 3 N–H and O–H groups in total. The highest BCUT2D eigenvalue weighted by molar-refractivity contribution is 5.95. The first-order valence-corrected chi connectivity index (χ1v) is 13.0. The third-order valence-electron chi connectivity index (χ3n) is 7.51. The van der Waals surface area contributed by atoms with E-state index in [9.17, 15) is 4.79 Å². The average Bonchev–Trinajstić information content (AvgIpc) is 3.47. The molecule has 1 saturated heterocycles. The number of carbonyl (C=O) groups excluding carboxylic acids is 1. The summed E-state index contributed by atoms with van der Waals surface area (Å²) in [7, 11) is 2.13. The second-order valence-electron chi connectivity index (χ2n) is 10.1. The summed E-state index contributed by atoms with van der Waals surface area (Å²) in [6.07, 6.45) is 5.93. The summed E-state index contributed by atoms with van der Waals surface area (Å²) in [5, 5.41) is 15.9. The van der Waals surface area contributed by atoms with Gasteiger partial charge in [-0.2, -0.15) is 0 Å². The molecule has 1 amide bonds. The van der Waals surface area contributed by atoms with Crippen molar-refractivity contribution in [3.63, 3.8) is 0 Å². The van der Waals surface area contributed by atoms with E-state index in [4.69, 9.17) is 4.74 Å². The monoisotopic (exact) mass is 509 g/mol. The molecule has 9 heteroatoms. The predicted octanol–water partition coefficient (Wildman–Crippen LogP) is 4.15. The van der Waals surface area contributed by atoms with Gasteiger partial charge in [0.25, 0.3) is 5.91 Å². The summed E-state index contributed by atoms with van der Waals surface area (Å²) in [5.74, 6) is 2.24. The van der Waals surface area contributed by atoms with Crippen molar-refractivity contribution < 1.29 is 9.53 Å². The van der Waals surface area contributed by atoms with Crippen LogP contribution in [-0.2, 0) is 5.54 Å². The molecule has 4 heterocycles. The number of likely N-dealkylation sites (tertiary alicyclic amines) is 1. The number of hydrogen-bond acceptors (Lipinski definition) is 7. The van der Waals surface area contributed by atoms with Crippen LogP contribution in [0.4, 0.5) is 5.69 Å². The number of aromatic nitrogens is 4. The number of aromatic amines is 1. The molecule has 0 radical (unpaired) electrons. The van der Waals surface area contributed by atoms with Gasteiger partial charge in [-0.25, -0.2) is 0 Å². The zero-order valence-corrected chi connectivity index (χ0v) is 21.4.